The third-order valence-electron chi connectivity index (χ3n) is 3.10. The van der Waals surface area contributed by atoms with Gasteiger partial charge in [-0.15, -0.1) is 0 Å². The molecule has 15 heavy (non-hydrogen) atoms. The number of amides is 1. The summed E-state index contributed by atoms with van der Waals surface area (Å²) in [5.74, 6) is 0.0729. The molecule has 1 N–H and O–H groups in total. The summed E-state index contributed by atoms with van der Waals surface area (Å²) in [6, 6.07) is 4.37. The smallest absolute Gasteiger partial charge is 0.251 e. The van der Waals surface area contributed by atoms with Gasteiger partial charge in [0.2, 0.25) is 0 Å². The first-order chi connectivity index (χ1) is 7.08. The summed E-state index contributed by atoms with van der Waals surface area (Å²) in [6.45, 7) is 6.19. The average Bonchev–Trinajstić information content (AvgIpc) is 2.97. The molecule has 1 aliphatic rings. The summed E-state index contributed by atoms with van der Waals surface area (Å²) in [5.41, 5.74) is 4.45. The third-order valence-corrected chi connectivity index (χ3v) is 3.10. The number of aryl methyl sites for hydroxylation is 2. The van der Waals surface area contributed by atoms with Gasteiger partial charge in [0.05, 0.1) is 0 Å². The molecule has 1 amide bonds. The number of carbonyl (C=O) groups excluding carboxylic acids is 1. The minimum atomic E-state index is 0.0729. The van der Waals surface area contributed by atoms with Crippen LogP contribution in [0.15, 0.2) is 12.1 Å². The van der Waals surface area contributed by atoms with Crippen molar-refractivity contribution in [2.24, 2.45) is 0 Å². The Balaban J connectivity index is 2.23. The van der Waals surface area contributed by atoms with E-state index in [-0.39, 0.29) is 5.91 Å². The van der Waals surface area contributed by atoms with E-state index in [9.17, 15) is 4.79 Å². The number of benzene rings is 1. The van der Waals surface area contributed by atoms with Crippen LogP contribution in [-0.4, -0.2) is 11.9 Å². The van der Waals surface area contributed by atoms with Crippen molar-refractivity contribution in [3.63, 3.8) is 0 Å². The molecule has 0 heterocycles. The van der Waals surface area contributed by atoms with Crippen LogP contribution in [-0.2, 0) is 0 Å². The molecule has 0 saturated heterocycles. The van der Waals surface area contributed by atoms with Crippen molar-refractivity contribution in [2.75, 3.05) is 0 Å². The van der Waals surface area contributed by atoms with E-state index in [0.29, 0.717) is 6.04 Å². The second kappa shape index (κ2) is 3.69. The van der Waals surface area contributed by atoms with Crippen molar-refractivity contribution in [1.29, 1.82) is 0 Å². The second-order valence-electron chi connectivity index (χ2n) is 4.48. The monoisotopic (exact) mass is 203 g/mol. The molecule has 0 radical (unpaired) electrons. The van der Waals surface area contributed by atoms with Gasteiger partial charge in [-0.3, -0.25) is 4.79 Å². The number of nitrogens with one attached hydrogen (secondary N) is 1. The van der Waals surface area contributed by atoms with Crippen molar-refractivity contribution >= 4 is 5.91 Å². The maximum absolute atomic E-state index is 11.8. The summed E-state index contributed by atoms with van der Waals surface area (Å²) >= 11 is 0. The van der Waals surface area contributed by atoms with Crippen LogP contribution >= 0.6 is 0 Å². The van der Waals surface area contributed by atoms with Gasteiger partial charge in [-0.2, -0.15) is 0 Å². The van der Waals surface area contributed by atoms with Crippen molar-refractivity contribution < 1.29 is 4.79 Å². The Labute approximate surface area is 90.7 Å². The summed E-state index contributed by atoms with van der Waals surface area (Å²) in [7, 11) is 0. The van der Waals surface area contributed by atoms with Gasteiger partial charge in [0.1, 0.15) is 0 Å². The topological polar surface area (TPSA) is 29.1 Å². The van der Waals surface area contributed by atoms with Crippen molar-refractivity contribution in [3.8, 4) is 0 Å². The van der Waals surface area contributed by atoms with Gasteiger partial charge in [0.25, 0.3) is 5.91 Å². The summed E-state index contributed by atoms with van der Waals surface area (Å²) in [6.07, 6.45) is 2.27. The fraction of sp³-hybridized carbons (Fsp3) is 0.462. The zero-order valence-corrected chi connectivity index (χ0v) is 9.55. The Hall–Kier alpha value is -1.31. The molecule has 2 rings (SSSR count). The number of carbonyl (C=O) groups is 1. The Morgan fingerprint density at radius 2 is 1.73 bits per heavy atom. The molecule has 0 spiro atoms. The van der Waals surface area contributed by atoms with Crippen molar-refractivity contribution in [2.45, 2.75) is 39.7 Å². The number of hydrogen-bond acceptors (Lipinski definition) is 1. The van der Waals surface area contributed by atoms with E-state index in [1.54, 1.807) is 0 Å². The maximum Gasteiger partial charge on any atom is 0.251 e. The Kier molecular flexibility index (Phi) is 2.51. The first kappa shape index (κ1) is 10.2. The minimum absolute atomic E-state index is 0.0729. The number of rotatable bonds is 2. The molecule has 1 aromatic carbocycles. The predicted molar refractivity (Wildman–Crippen MR) is 61.1 cm³/mol. The van der Waals surface area contributed by atoms with Crippen LogP contribution < -0.4 is 5.32 Å². The Morgan fingerprint density at radius 1 is 1.20 bits per heavy atom. The van der Waals surface area contributed by atoms with E-state index < -0.39 is 0 Å². The quantitative estimate of drug-likeness (QED) is 0.786. The molecule has 2 nitrogen and oxygen atoms in total. The van der Waals surface area contributed by atoms with E-state index in [0.717, 1.165) is 18.4 Å². The highest BCUT2D eigenvalue weighted by Crippen LogP contribution is 2.20. The normalized spacial score (nSPS) is 15.1. The molecule has 0 unspecified atom stereocenters. The van der Waals surface area contributed by atoms with Gasteiger partial charge in [-0.25, -0.2) is 0 Å². The second-order valence-corrected chi connectivity index (χ2v) is 4.48. The SMILES string of the molecule is Cc1cc(C(=O)NC2CC2)cc(C)c1C. The van der Waals surface area contributed by atoms with Crippen LogP contribution in [0, 0.1) is 20.8 Å². The Morgan fingerprint density at radius 3 is 2.20 bits per heavy atom. The zero-order chi connectivity index (χ0) is 11.0. The number of hydrogen-bond donors (Lipinski definition) is 1. The summed E-state index contributed by atoms with van der Waals surface area (Å²) in [5, 5.41) is 3.01. The van der Waals surface area contributed by atoms with E-state index in [1.807, 2.05) is 12.1 Å². The van der Waals surface area contributed by atoms with Gasteiger partial charge < -0.3 is 5.32 Å². The lowest BCUT2D eigenvalue weighted by molar-refractivity contribution is 0.0951. The fourth-order valence-corrected chi connectivity index (χ4v) is 1.66. The van der Waals surface area contributed by atoms with Crippen LogP contribution in [0.25, 0.3) is 0 Å². The molecule has 1 saturated carbocycles. The highest BCUT2D eigenvalue weighted by Gasteiger charge is 2.23. The third kappa shape index (κ3) is 2.20. The molecule has 80 valence electrons. The van der Waals surface area contributed by atoms with E-state index in [2.05, 4.69) is 26.1 Å². The molecule has 1 fully saturated rings. The molecule has 0 aliphatic heterocycles. The van der Waals surface area contributed by atoms with E-state index in [1.165, 1.54) is 16.7 Å². The molecule has 1 aliphatic carbocycles. The van der Waals surface area contributed by atoms with Gasteiger partial charge in [0, 0.05) is 11.6 Å². The lowest BCUT2D eigenvalue weighted by Crippen LogP contribution is -2.25. The van der Waals surface area contributed by atoms with Crippen LogP contribution in [0.3, 0.4) is 0 Å². The standard InChI is InChI=1S/C13H17NO/c1-8-6-11(7-9(2)10(8)3)13(15)14-12-4-5-12/h6-7,12H,4-5H2,1-3H3,(H,14,15). The fourth-order valence-electron chi connectivity index (χ4n) is 1.66. The molecule has 0 aromatic heterocycles. The average molecular weight is 203 g/mol. The van der Waals surface area contributed by atoms with Crippen LogP contribution in [0.2, 0.25) is 0 Å². The summed E-state index contributed by atoms with van der Waals surface area (Å²) < 4.78 is 0. The van der Waals surface area contributed by atoms with Gasteiger partial charge in [-0.1, -0.05) is 0 Å². The zero-order valence-electron chi connectivity index (χ0n) is 9.55. The first-order valence-electron chi connectivity index (χ1n) is 5.46. The molecule has 0 atom stereocenters. The molecular weight excluding hydrogens is 186 g/mol. The summed E-state index contributed by atoms with van der Waals surface area (Å²) in [4.78, 5) is 11.8. The van der Waals surface area contributed by atoms with E-state index >= 15 is 0 Å². The van der Waals surface area contributed by atoms with E-state index in [4.69, 9.17) is 0 Å². The molecular formula is C13H17NO. The predicted octanol–water partition coefficient (Wildman–Crippen LogP) is 2.50. The van der Waals surface area contributed by atoms with Gasteiger partial charge >= 0.3 is 0 Å². The maximum atomic E-state index is 11.8. The van der Waals surface area contributed by atoms with Crippen molar-refractivity contribution in [1.82, 2.24) is 5.32 Å². The lowest BCUT2D eigenvalue weighted by Gasteiger charge is -2.09. The molecule has 1 aromatic rings. The Bertz CT molecular complexity index is 382. The van der Waals surface area contributed by atoms with Crippen LogP contribution in [0.5, 0.6) is 0 Å². The highest BCUT2D eigenvalue weighted by atomic mass is 16.1. The van der Waals surface area contributed by atoms with Crippen LogP contribution in [0.1, 0.15) is 39.9 Å². The van der Waals surface area contributed by atoms with Gasteiger partial charge in [-0.05, 0) is 62.4 Å². The van der Waals surface area contributed by atoms with Crippen molar-refractivity contribution in [3.05, 3.63) is 34.4 Å². The first-order valence-corrected chi connectivity index (χ1v) is 5.46. The largest absolute Gasteiger partial charge is 0.349 e. The van der Waals surface area contributed by atoms with Gasteiger partial charge in [0.15, 0.2) is 0 Å². The lowest BCUT2D eigenvalue weighted by atomic mass is 10.0. The molecule has 0 bridgehead atoms. The minimum Gasteiger partial charge on any atom is -0.349 e. The molecule has 2 heteroatoms. The highest BCUT2D eigenvalue weighted by molar-refractivity contribution is 5.95. The van der Waals surface area contributed by atoms with Crippen LogP contribution in [0.4, 0.5) is 0 Å².